The molecule has 2 unspecified atom stereocenters. The van der Waals surface area contributed by atoms with Crippen molar-refractivity contribution in [2.24, 2.45) is 5.92 Å². The highest BCUT2D eigenvalue weighted by Crippen LogP contribution is 2.12. The molecular formula is C9H18O. The van der Waals surface area contributed by atoms with E-state index in [2.05, 4.69) is 13.5 Å². The van der Waals surface area contributed by atoms with Gasteiger partial charge in [-0.2, -0.15) is 0 Å². The van der Waals surface area contributed by atoms with Crippen LogP contribution in [0.5, 0.6) is 0 Å². The second-order valence-electron chi connectivity index (χ2n) is 2.82. The largest absolute Gasteiger partial charge is 0.393 e. The Morgan fingerprint density at radius 1 is 1.60 bits per heavy atom. The zero-order chi connectivity index (χ0) is 7.98. The normalized spacial score (nSPS) is 16.3. The highest BCUT2D eigenvalue weighted by Gasteiger charge is 2.09. The molecule has 0 heterocycles. The lowest BCUT2D eigenvalue weighted by Crippen LogP contribution is -2.15. The Labute approximate surface area is 63.8 Å². The number of rotatable bonds is 5. The summed E-state index contributed by atoms with van der Waals surface area (Å²) in [6.07, 6.45) is 4.70. The second-order valence-corrected chi connectivity index (χ2v) is 2.82. The third-order valence-electron chi connectivity index (χ3n) is 1.90. The van der Waals surface area contributed by atoms with E-state index in [9.17, 15) is 5.11 Å². The molecule has 0 aromatic heterocycles. The average molecular weight is 142 g/mol. The molecule has 0 aliphatic carbocycles. The summed E-state index contributed by atoms with van der Waals surface area (Å²) in [6.45, 7) is 7.73. The lowest BCUT2D eigenvalue weighted by molar-refractivity contribution is 0.108. The fraction of sp³-hybridized carbons (Fsp3) is 0.778. The van der Waals surface area contributed by atoms with Crippen molar-refractivity contribution in [3.8, 4) is 0 Å². The molecule has 0 spiro atoms. The maximum Gasteiger partial charge on any atom is 0.0563 e. The number of aliphatic hydroxyl groups excluding tert-OH is 1. The molecule has 10 heavy (non-hydrogen) atoms. The first kappa shape index (κ1) is 9.70. The van der Waals surface area contributed by atoms with Gasteiger partial charge in [-0.1, -0.05) is 19.9 Å². The molecule has 0 aliphatic heterocycles. The highest BCUT2D eigenvalue weighted by molar-refractivity contribution is 4.70. The Balaban J connectivity index is 3.40. The molecule has 0 radical (unpaired) electrons. The van der Waals surface area contributed by atoms with Crippen LogP contribution in [-0.4, -0.2) is 11.2 Å². The number of hydrogen-bond acceptors (Lipinski definition) is 1. The minimum absolute atomic E-state index is 0.125. The molecule has 0 amide bonds. The zero-order valence-corrected chi connectivity index (χ0v) is 7.01. The molecule has 2 atom stereocenters. The summed E-state index contributed by atoms with van der Waals surface area (Å²) >= 11 is 0. The summed E-state index contributed by atoms with van der Waals surface area (Å²) in [4.78, 5) is 0. The molecule has 0 bridgehead atoms. The van der Waals surface area contributed by atoms with Crippen LogP contribution in [0.15, 0.2) is 12.7 Å². The lowest BCUT2D eigenvalue weighted by Gasteiger charge is -2.15. The molecule has 0 aromatic rings. The zero-order valence-electron chi connectivity index (χ0n) is 7.01. The number of hydrogen-bond donors (Lipinski definition) is 1. The van der Waals surface area contributed by atoms with Crippen molar-refractivity contribution in [1.29, 1.82) is 0 Å². The van der Waals surface area contributed by atoms with Gasteiger partial charge in [-0.15, -0.1) is 6.58 Å². The van der Waals surface area contributed by atoms with Crippen molar-refractivity contribution in [3.63, 3.8) is 0 Å². The molecule has 0 aliphatic rings. The summed E-state index contributed by atoms with van der Waals surface area (Å²) in [5.41, 5.74) is 0. The van der Waals surface area contributed by atoms with Crippen molar-refractivity contribution in [2.45, 2.75) is 39.2 Å². The summed E-state index contributed by atoms with van der Waals surface area (Å²) in [5, 5.41) is 9.32. The van der Waals surface area contributed by atoms with E-state index >= 15 is 0 Å². The van der Waals surface area contributed by atoms with Gasteiger partial charge >= 0.3 is 0 Å². The first-order valence-electron chi connectivity index (χ1n) is 4.01. The third-order valence-corrected chi connectivity index (χ3v) is 1.90. The van der Waals surface area contributed by atoms with E-state index in [-0.39, 0.29) is 6.10 Å². The second kappa shape index (κ2) is 5.48. The van der Waals surface area contributed by atoms with Gasteiger partial charge in [0.25, 0.3) is 0 Å². The minimum atomic E-state index is -0.125. The Morgan fingerprint density at radius 2 is 2.20 bits per heavy atom. The van der Waals surface area contributed by atoms with Gasteiger partial charge in [0, 0.05) is 0 Å². The topological polar surface area (TPSA) is 20.2 Å². The average Bonchev–Trinajstić information content (AvgIpc) is 1.98. The first-order chi connectivity index (χ1) is 4.72. The van der Waals surface area contributed by atoms with Crippen molar-refractivity contribution in [2.75, 3.05) is 0 Å². The van der Waals surface area contributed by atoms with Crippen LogP contribution in [-0.2, 0) is 0 Å². The van der Waals surface area contributed by atoms with Crippen LogP contribution in [0.2, 0.25) is 0 Å². The molecule has 0 fully saturated rings. The van der Waals surface area contributed by atoms with E-state index in [0.717, 1.165) is 19.3 Å². The van der Waals surface area contributed by atoms with E-state index < -0.39 is 0 Å². The standard InChI is InChI=1S/C9H18O/c1-4-6-7-8(3)9(10)5-2/h4,8-10H,1,5-7H2,2-3H3. The van der Waals surface area contributed by atoms with Gasteiger partial charge in [-0.3, -0.25) is 0 Å². The van der Waals surface area contributed by atoms with Gasteiger partial charge in [0.2, 0.25) is 0 Å². The molecule has 0 saturated carbocycles. The Morgan fingerprint density at radius 3 is 2.60 bits per heavy atom. The third kappa shape index (κ3) is 3.67. The summed E-state index contributed by atoms with van der Waals surface area (Å²) in [6, 6.07) is 0. The van der Waals surface area contributed by atoms with E-state index in [1.165, 1.54) is 0 Å². The number of allylic oxidation sites excluding steroid dienone is 1. The van der Waals surface area contributed by atoms with E-state index in [1.54, 1.807) is 0 Å². The fourth-order valence-corrected chi connectivity index (χ4v) is 0.975. The molecule has 0 saturated heterocycles. The Hall–Kier alpha value is -0.300. The molecule has 0 rings (SSSR count). The minimum Gasteiger partial charge on any atom is -0.393 e. The van der Waals surface area contributed by atoms with Gasteiger partial charge in [-0.25, -0.2) is 0 Å². The number of aliphatic hydroxyl groups is 1. The van der Waals surface area contributed by atoms with Gasteiger partial charge in [0.05, 0.1) is 6.10 Å². The van der Waals surface area contributed by atoms with Crippen LogP contribution in [0.3, 0.4) is 0 Å². The molecular weight excluding hydrogens is 124 g/mol. The predicted octanol–water partition coefficient (Wildman–Crippen LogP) is 2.36. The maximum absolute atomic E-state index is 9.32. The van der Waals surface area contributed by atoms with Gasteiger partial charge in [0.15, 0.2) is 0 Å². The SMILES string of the molecule is C=CCCC(C)C(O)CC. The lowest BCUT2D eigenvalue weighted by atomic mass is 9.97. The van der Waals surface area contributed by atoms with Crippen LogP contribution in [0.25, 0.3) is 0 Å². The van der Waals surface area contributed by atoms with Crippen molar-refractivity contribution >= 4 is 0 Å². The first-order valence-corrected chi connectivity index (χ1v) is 4.01. The van der Waals surface area contributed by atoms with Crippen LogP contribution in [0, 0.1) is 5.92 Å². The van der Waals surface area contributed by atoms with Gasteiger partial charge < -0.3 is 5.11 Å². The van der Waals surface area contributed by atoms with Gasteiger partial charge in [0.1, 0.15) is 0 Å². The Bertz CT molecular complexity index is 88.7. The Kier molecular flexibility index (Phi) is 5.32. The summed E-state index contributed by atoms with van der Waals surface area (Å²) in [7, 11) is 0. The molecule has 1 nitrogen and oxygen atoms in total. The highest BCUT2D eigenvalue weighted by atomic mass is 16.3. The van der Waals surface area contributed by atoms with Gasteiger partial charge in [-0.05, 0) is 25.2 Å². The van der Waals surface area contributed by atoms with E-state index in [0.29, 0.717) is 5.92 Å². The predicted molar refractivity (Wildman–Crippen MR) is 44.9 cm³/mol. The molecule has 0 aromatic carbocycles. The summed E-state index contributed by atoms with van der Waals surface area (Å²) < 4.78 is 0. The monoisotopic (exact) mass is 142 g/mol. The maximum atomic E-state index is 9.32. The van der Waals surface area contributed by atoms with Crippen LogP contribution in [0.4, 0.5) is 0 Å². The van der Waals surface area contributed by atoms with Crippen molar-refractivity contribution in [1.82, 2.24) is 0 Å². The smallest absolute Gasteiger partial charge is 0.0563 e. The fourth-order valence-electron chi connectivity index (χ4n) is 0.975. The van der Waals surface area contributed by atoms with Crippen molar-refractivity contribution < 1.29 is 5.11 Å². The van der Waals surface area contributed by atoms with E-state index in [1.807, 2.05) is 13.0 Å². The van der Waals surface area contributed by atoms with E-state index in [4.69, 9.17) is 0 Å². The van der Waals surface area contributed by atoms with Crippen LogP contribution < -0.4 is 0 Å². The molecule has 60 valence electrons. The molecule has 1 heteroatoms. The summed E-state index contributed by atoms with van der Waals surface area (Å²) in [5.74, 6) is 0.419. The van der Waals surface area contributed by atoms with Crippen molar-refractivity contribution in [3.05, 3.63) is 12.7 Å². The van der Waals surface area contributed by atoms with Crippen LogP contribution in [0.1, 0.15) is 33.1 Å². The molecule has 1 N–H and O–H groups in total. The van der Waals surface area contributed by atoms with Crippen LogP contribution >= 0.6 is 0 Å². The quantitative estimate of drug-likeness (QED) is 0.584.